The molecule has 1 amide bonds. The van der Waals surface area contributed by atoms with Gasteiger partial charge in [0.25, 0.3) is 0 Å². The van der Waals surface area contributed by atoms with Gasteiger partial charge in [-0.15, -0.1) is 0 Å². The van der Waals surface area contributed by atoms with Crippen LogP contribution in [0.3, 0.4) is 0 Å². The molecule has 2 aliphatic rings. The summed E-state index contributed by atoms with van der Waals surface area (Å²) in [7, 11) is 0. The van der Waals surface area contributed by atoms with E-state index in [0.29, 0.717) is 19.7 Å². The Labute approximate surface area is 139 Å². The van der Waals surface area contributed by atoms with Gasteiger partial charge in [-0.3, -0.25) is 4.90 Å². The van der Waals surface area contributed by atoms with Crippen molar-refractivity contribution in [1.82, 2.24) is 4.90 Å². The van der Waals surface area contributed by atoms with Crippen LogP contribution < -0.4 is 0 Å². The first kappa shape index (κ1) is 14.4. The third kappa shape index (κ3) is 2.43. The standard InChI is InChI=1S/C19H17NO2S/c1-2-22-19(21)20-11-15-13-7-3-5-9-17(13)23-18-10-6-4-8-14(18)16(15)12-20/h3-10H,2,11-12H2,1H3. The van der Waals surface area contributed by atoms with Crippen LogP contribution in [-0.4, -0.2) is 30.7 Å². The molecule has 0 atom stereocenters. The predicted octanol–water partition coefficient (Wildman–Crippen LogP) is 4.53. The van der Waals surface area contributed by atoms with Crippen LogP contribution >= 0.6 is 11.8 Å². The van der Waals surface area contributed by atoms with Gasteiger partial charge in [0.05, 0.1) is 19.7 Å². The number of carbonyl (C=O) groups is 1. The third-order valence-electron chi connectivity index (χ3n) is 4.23. The summed E-state index contributed by atoms with van der Waals surface area (Å²) in [4.78, 5) is 16.5. The zero-order chi connectivity index (χ0) is 15.8. The lowest BCUT2D eigenvalue weighted by Gasteiger charge is -2.17. The molecule has 2 aromatic carbocycles. The van der Waals surface area contributed by atoms with Crippen LogP contribution in [0.2, 0.25) is 0 Å². The van der Waals surface area contributed by atoms with Gasteiger partial charge < -0.3 is 4.74 Å². The highest BCUT2D eigenvalue weighted by Gasteiger charge is 2.32. The first-order valence-corrected chi connectivity index (χ1v) is 8.60. The van der Waals surface area contributed by atoms with Crippen molar-refractivity contribution in [3.05, 3.63) is 59.7 Å². The van der Waals surface area contributed by atoms with Crippen molar-refractivity contribution in [1.29, 1.82) is 0 Å². The highest BCUT2D eigenvalue weighted by molar-refractivity contribution is 7.99. The van der Waals surface area contributed by atoms with Crippen LogP contribution in [0.15, 0.2) is 58.3 Å². The van der Waals surface area contributed by atoms with Crippen LogP contribution in [0.25, 0.3) is 11.1 Å². The summed E-state index contributed by atoms with van der Waals surface area (Å²) in [6.45, 7) is 3.47. The molecular weight excluding hydrogens is 306 g/mol. The Bertz CT molecular complexity index is 755. The number of amides is 1. The Hall–Kier alpha value is -2.20. The molecule has 0 fully saturated rings. The largest absolute Gasteiger partial charge is 0.450 e. The van der Waals surface area contributed by atoms with Gasteiger partial charge in [-0.25, -0.2) is 4.79 Å². The quantitative estimate of drug-likeness (QED) is 0.772. The lowest BCUT2D eigenvalue weighted by molar-refractivity contribution is 0.118. The first-order chi connectivity index (χ1) is 11.3. The summed E-state index contributed by atoms with van der Waals surface area (Å²) < 4.78 is 5.19. The maximum absolute atomic E-state index is 12.2. The van der Waals surface area contributed by atoms with Gasteiger partial charge in [-0.05, 0) is 41.3 Å². The van der Waals surface area contributed by atoms with Gasteiger partial charge in [0.15, 0.2) is 0 Å². The summed E-state index contributed by atoms with van der Waals surface area (Å²) in [5.41, 5.74) is 4.95. The van der Waals surface area contributed by atoms with Crippen molar-refractivity contribution >= 4 is 29.0 Å². The molecule has 2 aromatic rings. The van der Waals surface area contributed by atoms with Crippen LogP contribution in [0.5, 0.6) is 0 Å². The Kier molecular flexibility index (Phi) is 3.62. The molecule has 3 nitrogen and oxygen atoms in total. The van der Waals surface area contributed by atoms with Crippen molar-refractivity contribution in [3.8, 4) is 0 Å². The molecule has 0 aromatic heterocycles. The third-order valence-corrected chi connectivity index (χ3v) is 5.38. The SMILES string of the molecule is CCOC(=O)N1CC2=C(C1)c1ccccc1Sc1ccccc12. The number of carbonyl (C=O) groups excluding carboxylic acids is 1. The molecule has 2 heterocycles. The van der Waals surface area contributed by atoms with Gasteiger partial charge in [-0.1, -0.05) is 48.2 Å². The Morgan fingerprint density at radius 1 is 1.00 bits per heavy atom. The smallest absolute Gasteiger partial charge is 0.410 e. The second-order valence-electron chi connectivity index (χ2n) is 5.61. The predicted molar refractivity (Wildman–Crippen MR) is 92.4 cm³/mol. The van der Waals surface area contributed by atoms with Crippen molar-refractivity contribution in [2.45, 2.75) is 16.7 Å². The lowest BCUT2D eigenvalue weighted by Crippen LogP contribution is -2.30. The molecule has 0 bridgehead atoms. The topological polar surface area (TPSA) is 29.5 Å². The van der Waals surface area contributed by atoms with Crippen LogP contribution in [0.4, 0.5) is 4.79 Å². The normalized spacial score (nSPS) is 15.6. The molecule has 116 valence electrons. The monoisotopic (exact) mass is 323 g/mol. The summed E-state index contributed by atoms with van der Waals surface area (Å²) in [5.74, 6) is 0. The van der Waals surface area contributed by atoms with E-state index in [0.717, 1.165) is 0 Å². The van der Waals surface area contributed by atoms with E-state index in [1.54, 1.807) is 16.7 Å². The summed E-state index contributed by atoms with van der Waals surface area (Å²) in [5, 5.41) is 0. The fraction of sp³-hybridized carbons (Fsp3) is 0.211. The van der Waals surface area contributed by atoms with Crippen molar-refractivity contribution in [2.24, 2.45) is 0 Å². The minimum Gasteiger partial charge on any atom is -0.450 e. The van der Waals surface area contributed by atoms with E-state index in [9.17, 15) is 4.79 Å². The molecule has 4 rings (SSSR count). The Balaban J connectivity index is 1.83. The van der Waals surface area contributed by atoms with Gasteiger partial charge in [0.1, 0.15) is 0 Å². The Morgan fingerprint density at radius 2 is 1.52 bits per heavy atom. The zero-order valence-electron chi connectivity index (χ0n) is 12.9. The number of hydrogen-bond acceptors (Lipinski definition) is 3. The van der Waals surface area contributed by atoms with E-state index in [4.69, 9.17) is 4.74 Å². The number of benzene rings is 2. The van der Waals surface area contributed by atoms with Crippen LogP contribution in [0.1, 0.15) is 18.1 Å². The minimum absolute atomic E-state index is 0.233. The van der Waals surface area contributed by atoms with E-state index < -0.39 is 0 Å². The molecule has 4 heteroatoms. The molecule has 23 heavy (non-hydrogen) atoms. The number of fused-ring (bicyclic) bond motifs is 4. The zero-order valence-corrected chi connectivity index (χ0v) is 13.7. The van der Waals surface area contributed by atoms with Crippen LogP contribution in [0, 0.1) is 0 Å². The highest BCUT2D eigenvalue weighted by Crippen LogP contribution is 2.46. The number of nitrogens with zero attached hydrogens (tertiary/aromatic N) is 1. The summed E-state index contributed by atoms with van der Waals surface area (Å²) >= 11 is 1.80. The molecule has 0 spiro atoms. The molecular formula is C19H17NO2S. The second kappa shape index (κ2) is 5.78. The summed E-state index contributed by atoms with van der Waals surface area (Å²) in [6, 6.07) is 16.9. The van der Waals surface area contributed by atoms with E-state index in [1.165, 1.54) is 32.1 Å². The average molecular weight is 323 g/mol. The van der Waals surface area contributed by atoms with E-state index in [-0.39, 0.29) is 6.09 Å². The van der Waals surface area contributed by atoms with E-state index in [2.05, 4.69) is 48.5 Å². The highest BCUT2D eigenvalue weighted by atomic mass is 32.2. The molecule has 2 aliphatic heterocycles. The Morgan fingerprint density at radius 3 is 2.04 bits per heavy atom. The molecule has 0 unspecified atom stereocenters. The first-order valence-electron chi connectivity index (χ1n) is 7.78. The number of rotatable bonds is 1. The van der Waals surface area contributed by atoms with Gasteiger partial charge in [0, 0.05) is 9.79 Å². The van der Waals surface area contributed by atoms with Gasteiger partial charge in [-0.2, -0.15) is 0 Å². The maximum atomic E-state index is 12.2. The lowest BCUT2D eigenvalue weighted by atomic mass is 9.97. The molecule has 0 N–H and O–H groups in total. The fourth-order valence-electron chi connectivity index (χ4n) is 3.20. The van der Waals surface area contributed by atoms with Crippen molar-refractivity contribution < 1.29 is 9.53 Å². The van der Waals surface area contributed by atoms with E-state index >= 15 is 0 Å². The summed E-state index contributed by atoms with van der Waals surface area (Å²) in [6.07, 6.45) is -0.233. The fourth-order valence-corrected chi connectivity index (χ4v) is 4.33. The van der Waals surface area contributed by atoms with E-state index in [1.807, 2.05) is 6.92 Å². The number of hydrogen-bond donors (Lipinski definition) is 0. The minimum atomic E-state index is -0.233. The molecule has 0 saturated carbocycles. The van der Waals surface area contributed by atoms with Crippen LogP contribution in [-0.2, 0) is 4.74 Å². The average Bonchev–Trinajstić information content (AvgIpc) is 2.96. The number of ether oxygens (including phenoxy) is 1. The van der Waals surface area contributed by atoms with Gasteiger partial charge in [0.2, 0.25) is 0 Å². The van der Waals surface area contributed by atoms with Gasteiger partial charge >= 0.3 is 6.09 Å². The van der Waals surface area contributed by atoms with Crippen molar-refractivity contribution in [2.75, 3.05) is 19.7 Å². The molecule has 0 radical (unpaired) electrons. The van der Waals surface area contributed by atoms with Crippen molar-refractivity contribution in [3.63, 3.8) is 0 Å². The molecule has 0 aliphatic carbocycles. The second-order valence-corrected chi connectivity index (χ2v) is 6.69. The molecule has 0 saturated heterocycles. The maximum Gasteiger partial charge on any atom is 0.410 e.